The van der Waals surface area contributed by atoms with Crippen LogP contribution in [-0.4, -0.2) is 28.4 Å². The third-order valence-corrected chi connectivity index (χ3v) is 7.35. The van der Waals surface area contributed by atoms with Gasteiger partial charge in [0.15, 0.2) is 0 Å². The Hall–Kier alpha value is -5.00. The van der Waals surface area contributed by atoms with Crippen LogP contribution in [0.5, 0.6) is 0 Å². The molecule has 0 bridgehead atoms. The molecule has 218 valence electrons. The topological polar surface area (TPSA) is 130 Å². The number of carbonyl (C=O) groups excluding carboxylic acids is 3. The lowest BCUT2D eigenvalue weighted by atomic mass is 10.1. The molecule has 0 heterocycles. The van der Waals surface area contributed by atoms with Crippen molar-refractivity contribution in [2.75, 3.05) is 16.4 Å². The Labute approximate surface area is 255 Å². The minimum atomic E-state index is -0.712. The first-order valence-electron chi connectivity index (χ1n) is 12.7. The summed E-state index contributed by atoms with van der Waals surface area (Å²) in [6.45, 7) is 1.73. The van der Waals surface area contributed by atoms with Gasteiger partial charge in [-0.2, -0.15) is 0 Å². The molecule has 9 nitrogen and oxygen atoms in total. The largest absolute Gasteiger partial charge is 0.325 e. The van der Waals surface area contributed by atoms with Crippen molar-refractivity contribution in [3.8, 4) is 0 Å². The van der Waals surface area contributed by atoms with E-state index >= 15 is 0 Å². The number of nitro groups is 1. The zero-order chi connectivity index (χ0) is 30.9. The second-order valence-corrected chi connectivity index (χ2v) is 10.5. The van der Waals surface area contributed by atoms with Gasteiger partial charge in [0.1, 0.15) is 11.5 Å². The third-order valence-electron chi connectivity index (χ3n) is 6.01. The monoisotopic (exact) mass is 618 g/mol. The van der Waals surface area contributed by atoms with Crippen LogP contribution in [0.3, 0.4) is 0 Å². The number of non-ortho nitro benzene ring substituents is 1. The third kappa shape index (κ3) is 8.51. The highest BCUT2D eigenvalue weighted by Crippen LogP contribution is 2.25. The number of hydrogen-bond acceptors (Lipinski definition) is 6. The summed E-state index contributed by atoms with van der Waals surface area (Å²) in [5, 5.41) is 19.0. The number of rotatable bonds is 10. The summed E-state index contributed by atoms with van der Waals surface area (Å²) in [6.07, 6.45) is 1.17. The second-order valence-electron chi connectivity index (χ2n) is 9.09. The first-order valence-corrected chi connectivity index (χ1v) is 14.1. The molecule has 0 radical (unpaired) electrons. The Morgan fingerprint density at radius 3 is 2.35 bits per heavy atom. The number of nitrogens with one attached hydrogen (secondary N) is 3. The average Bonchev–Trinajstić information content (AvgIpc) is 2.99. The summed E-state index contributed by atoms with van der Waals surface area (Å²) in [5.41, 5.74) is 1.31. The first-order chi connectivity index (χ1) is 20.6. The van der Waals surface area contributed by atoms with E-state index in [4.69, 9.17) is 11.6 Å². The van der Waals surface area contributed by atoms with Gasteiger partial charge in [-0.05, 0) is 67.1 Å². The fraction of sp³-hybridized carbons (Fsp3) is 0.0645. The highest BCUT2D eigenvalue weighted by Gasteiger charge is 2.17. The number of aryl methyl sites for hydroxylation is 1. The Kier molecular flexibility index (Phi) is 10.3. The quantitative estimate of drug-likeness (QED) is 0.0772. The number of nitrogens with zero attached hydrogens (tertiary/aromatic N) is 1. The molecule has 0 aliphatic rings. The second kappa shape index (κ2) is 14.3. The van der Waals surface area contributed by atoms with E-state index in [0.29, 0.717) is 22.5 Å². The molecule has 4 aromatic rings. The zero-order valence-corrected chi connectivity index (χ0v) is 24.2. The molecular formula is C31H24ClFN4O5S. The van der Waals surface area contributed by atoms with E-state index in [-0.39, 0.29) is 33.6 Å². The van der Waals surface area contributed by atoms with E-state index in [1.54, 1.807) is 67.6 Å². The van der Waals surface area contributed by atoms with Gasteiger partial charge in [-0.25, -0.2) is 4.39 Å². The van der Waals surface area contributed by atoms with Crippen LogP contribution in [0.2, 0.25) is 5.02 Å². The Balaban J connectivity index is 1.43. The molecule has 4 aromatic carbocycles. The number of benzene rings is 4. The van der Waals surface area contributed by atoms with Crippen molar-refractivity contribution >= 4 is 64.2 Å². The van der Waals surface area contributed by atoms with Crippen LogP contribution in [0, 0.1) is 22.9 Å². The number of nitro benzene ring substituents is 1. The summed E-state index contributed by atoms with van der Waals surface area (Å²) in [5.74, 6) is -2.26. The lowest BCUT2D eigenvalue weighted by molar-refractivity contribution is -0.384. The molecule has 0 spiro atoms. The number of thioether (sulfide) groups is 1. The summed E-state index contributed by atoms with van der Waals surface area (Å²) in [7, 11) is 0. The van der Waals surface area contributed by atoms with Gasteiger partial charge >= 0.3 is 0 Å². The van der Waals surface area contributed by atoms with Crippen molar-refractivity contribution in [2.45, 2.75) is 11.8 Å². The van der Waals surface area contributed by atoms with Crippen molar-refractivity contribution in [1.29, 1.82) is 0 Å². The molecule has 0 aromatic heterocycles. The maximum absolute atomic E-state index is 14.5. The molecule has 12 heteroatoms. The van der Waals surface area contributed by atoms with Gasteiger partial charge in [-0.1, -0.05) is 41.9 Å². The summed E-state index contributed by atoms with van der Waals surface area (Å²) < 4.78 is 14.5. The maximum Gasteiger partial charge on any atom is 0.272 e. The summed E-state index contributed by atoms with van der Waals surface area (Å²) >= 11 is 7.37. The van der Waals surface area contributed by atoms with E-state index < -0.39 is 22.6 Å². The molecule has 0 fully saturated rings. The van der Waals surface area contributed by atoms with Crippen LogP contribution < -0.4 is 16.0 Å². The molecule has 0 aliphatic carbocycles. The molecular weight excluding hydrogens is 595 g/mol. The molecule has 43 heavy (non-hydrogen) atoms. The van der Waals surface area contributed by atoms with Gasteiger partial charge < -0.3 is 16.0 Å². The minimum absolute atomic E-state index is 0.0373. The summed E-state index contributed by atoms with van der Waals surface area (Å²) in [4.78, 5) is 49.7. The van der Waals surface area contributed by atoms with Crippen molar-refractivity contribution in [3.05, 3.63) is 134 Å². The molecule has 0 saturated carbocycles. The zero-order valence-electron chi connectivity index (χ0n) is 22.6. The highest BCUT2D eigenvalue weighted by molar-refractivity contribution is 8.00. The van der Waals surface area contributed by atoms with Gasteiger partial charge in [0, 0.05) is 33.8 Å². The van der Waals surface area contributed by atoms with Gasteiger partial charge in [-0.15, -0.1) is 11.8 Å². The van der Waals surface area contributed by atoms with E-state index in [1.807, 2.05) is 0 Å². The lowest BCUT2D eigenvalue weighted by Gasteiger charge is -2.12. The Morgan fingerprint density at radius 1 is 0.953 bits per heavy atom. The van der Waals surface area contributed by atoms with Crippen LogP contribution in [0.1, 0.15) is 21.5 Å². The first kappa shape index (κ1) is 30.9. The number of halogens is 2. The van der Waals surface area contributed by atoms with Crippen LogP contribution in [0.15, 0.2) is 102 Å². The van der Waals surface area contributed by atoms with Crippen LogP contribution in [-0.2, 0) is 9.59 Å². The van der Waals surface area contributed by atoms with Crippen molar-refractivity contribution in [2.24, 2.45) is 0 Å². The average molecular weight is 619 g/mol. The lowest BCUT2D eigenvalue weighted by Crippen LogP contribution is -2.30. The van der Waals surface area contributed by atoms with E-state index in [2.05, 4.69) is 16.0 Å². The Morgan fingerprint density at radius 2 is 1.67 bits per heavy atom. The van der Waals surface area contributed by atoms with E-state index in [0.717, 1.165) is 4.90 Å². The standard InChI is InChI=1S/C31H24ClFN4O5S/c1-19-10-13-22(37(41)42)16-27(19)35-29(38)18-43-23-14-11-21(12-15-23)34-31(40)28(17-24-25(32)8-5-9-26(24)33)36-30(39)20-6-3-2-4-7-20/h2-17H,18H2,1H3,(H,34,40)(H,35,38)(H,36,39)/b28-17-. The molecule has 4 rings (SSSR count). The fourth-order valence-corrected chi connectivity index (χ4v) is 4.68. The van der Waals surface area contributed by atoms with Gasteiger partial charge in [0.25, 0.3) is 17.5 Å². The van der Waals surface area contributed by atoms with Gasteiger partial charge in [0.2, 0.25) is 5.91 Å². The van der Waals surface area contributed by atoms with E-state index in [1.165, 1.54) is 48.2 Å². The number of amides is 3. The normalized spacial score (nSPS) is 11.0. The van der Waals surface area contributed by atoms with Gasteiger partial charge in [-0.3, -0.25) is 24.5 Å². The van der Waals surface area contributed by atoms with Crippen LogP contribution in [0.25, 0.3) is 6.08 Å². The smallest absolute Gasteiger partial charge is 0.272 e. The highest BCUT2D eigenvalue weighted by atomic mass is 35.5. The van der Waals surface area contributed by atoms with E-state index in [9.17, 15) is 28.9 Å². The van der Waals surface area contributed by atoms with Crippen molar-refractivity contribution in [1.82, 2.24) is 5.32 Å². The summed E-state index contributed by atoms with van der Waals surface area (Å²) in [6, 6.07) is 23.1. The maximum atomic E-state index is 14.5. The molecule has 0 atom stereocenters. The Bertz CT molecular complexity index is 1700. The van der Waals surface area contributed by atoms with Crippen LogP contribution in [0.4, 0.5) is 21.5 Å². The predicted molar refractivity (Wildman–Crippen MR) is 166 cm³/mol. The van der Waals surface area contributed by atoms with Crippen molar-refractivity contribution < 1.29 is 23.7 Å². The van der Waals surface area contributed by atoms with Crippen molar-refractivity contribution in [3.63, 3.8) is 0 Å². The minimum Gasteiger partial charge on any atom is -0.325 e. The SMILES string of the molecule is Cc1ccc([N+](=O)[O-])cc1NC(=O)CSc1ccc(NC(=O)/C(=C/c2c(F)cccc2Cl)NC(=O)c2ccccc2)cc1. The van der Waals surface area contributed by atoms with Crippen LogP contribution >= 0.6 is 23.4 Å². The molecule has 3 N–H and O–H groups in total. The van der Waals surface area contributed by atoms with Gasteiger partial charge in [0.05, 0.1) is 21.4 Å². The number of anilines is 2. The molecule has 3 amide bonds. The molecule has 0 saturated heterocycles. The fourth-order valence-electron chi connectivity index (χ4n) is 3.76. The number of hydrogen-bond donors (Lipinski definition) is 3. The number of carbonyl (C=O) groups is 3. The predicted octanol–water partition coefficient (Wildman–Crippen LogP) is 6.84. The molecule has 0 unspecified atom stereocenters. The molecule has 0 aliphatic heterocycles.